The third-order valence-electron chi connectivity index (χ3n) is 6.01. The van der Waals surface area contributed by atoms with Crippen molar-refractivity contribution >= 4 is 11.6 Å². The molecule has 0 aliphatic carbocycles. The van der Waals surface area contributed by atoms with Crippen molar-refractivity contribution in [2.45, 2.75) is 18.9 Å². The smallest absolute Gasteiger partial charge is 0.220 e. The Morgan fingerprint density at radius 2 is 1.79 bits per heavy atom. The van der Waals surface area contributed by atoms with Gasteiger partial charge in [0.15, 0.2) is 0 Å². The second kappa shape index (κ2) is 8.32. The van der Waals surface area contributed by atoms with Gasteiger partial charge in [-0.3, -0.25) is 4.90 Å². The van der Waals surface area contributed by atoms with Crippen molar-refractivity contribution in [3.63, 3.8) is 0 Å². The van der Waals surface area contributed by atoms with E-state index >= 15 is 0 Å². The van der Waals surface area contributed by atoms with Crippen LogP contribution in [-0.2, 0) is 0 Å². The molecule has 7 heteroatoms. The van der Waals surface area contributed by atoms with Gasteiger partial charge in [0.1, 0.15) is 5.75 Å². The number of piperidine rings is 1. The van der Waals surface area contributed by atoms with Crippen molar-refractivity contribution < 1.29 is 4.74 Å². The molecule has 28 heavy (non-hydrogen) atoms. The molecule has 0 atom stereocenters. The minimum absolute atomic E-state index is 0.284. The molecule has 0 radical (unpaired) electrons. The van der Waals surface area contributed by atoms with Gasteiger partial charge in [-0.05, 0) is 38.1 Å². The molecule has 3 heterocycles. The van der Waals surface area contributed by atoms with E-state index in [0.717, 1.165) is 35.8 Å². The molecule has 2 saturated heterocycles. The monoisotopic (exact) mass is 382 g/mol. The summed E-state index contributed by atoms with van der Waals surface area (Å²) in [5, 5.41) is 0. The highest BCUT2D eigenvalue weighted by Crippen LogP contribution is 2.34. The van der Waals surface area contributed by atoms with Crippen LogP contribution in [0.5, 0.6) is 5.75 Å². The fourth-order valence-corrected chi connectivity index (χ4v) is 4.29. The van der Waals surface area contributed by atoms with Gasteiger partial charge < -0.3 is 20.3 Å². The second-order valence-electron chi connectivity index (χ2n) is 7.74. The Morgan fingerprint density at radius 3 is 2.46 bits per heavy atom. The van der Waals surface area contributed by atoms with Gasteiger partial charge in [0.05, 0.1) is 18.5 Å². The summed E-state index contributed by atoms with van der Waals surface area (Å²) in [6.07, 6.45) is 4.09. The maximum atomic E-state index is 5.73. The number of nitrogens with zero attached hydrogens (tertiary/aromatic N) is 5. The topological polar surface area (TPSA) is 70.7 Å². The first-order valence-electron chi connectivity index (χ1n) is 10.1. The second-order valence-corrected chi connectivity index (χ2v) is 7.74. The van der Waals surface area contributed by atoms with Gasteiger partial charge in [-0.2, -0.15) is 0 Å². The molecular formula is C21H30N6O. The van der Waals surface area contributed by atoms with Crippen molar-refractivity contribution in [2.24, 2.45) is 0 Å². The molecule has 2 aliphatic heterocycles. The molecule has 2 aromatic rings. The standard InChI is InChI=1S/C21H30N6O/c1-25-11-13-26(14-12-25)17-6-9-27(10-7-17)19-4-3-16(15-20(19)28-2)18-5-8-23-21(22)24-18/h3-5,8,15,17H,6-7,9-14H2,1-2H3,(H2,22,23,24). The zero-order valence-corrected chi connectivity index (χ0v) is 16.8. The van der Waals surface area contributed by atoms with Gasteiger partial charge in [-0.25, -0.2) is 9.97 Å². The van der Waals surface area contributed by atoms with E-state index in [1.165, 1.54) is 39.0 Å². The first-order chi connectivity index (χ1) is 13.6. The van der Waals surface area contributed by atoms with Crippen LogP contribution >= 0.6 is 0 Å². The number of hydrogen-bond acceptors (Lipinski definition) is 7. The van der Waals surface area contributed by atoms with Gasteiger partial charge in [0.25, 0.3) is 0 Å². The predicted molar refractivity (Wildman–Crippen MR) is 113 cm³/mol. The summed E-state index contributed by atoms with van der Waals surface area (Å²) < 4.78 is 5.71. The molecule has 0 spiro atoms. The third-order valence-corrected chi connectivity index (χ3v) is 6.01. The Hall–Kier alpha value is -2.38. The van der Waals surface area contributed by atoms with E-state index in [1.807, 2.05) is 12.1 Å². The molecule has 2 aliphatic rings. The van der Waals surface area contributed by atoms with E-state index in [-0.39, 0.29) is 5.95 Å². The van der Waals surface area contributed by atoms with Gasteiger partial charge in [0.2, 0.25) is 5.95 Å². The van der Waals surface area contributed by atoms with Crippen molar-refractivity contribution in [3.05, 3.63) is 30.5 Å². The Labute approximate surface area is 167 Å². The number of benzene rings is 1. The summed E-state index contributed by atoms with van der Waals surface area (Å²) in [5.41, 5.74) is 8.68. The number of rotatable bonds is 4. The lowest BCUT2D eigenvalue weighted by atomic mass is 10.0. The van der Waals surface area contributed by atoms with Gasteiger partial charge >= 0.3 is 0 Å². The number of hydrogen-bond donors (Lipinski definition) is 1. The van der Waals surface area contributed by atoms with Crippen LogP contribution in [0.25, 0.3) is 11.3 Å². The van der Waals surface area contributed by atoms with Gasteiger partial charge in [-0.15, -0.1) is 0 Å². The van der Waals surface area contributed by atoms with Crippen LogP contribution in [0.4, 0.5) is 11.6 Å². The largest absolute Gasteiger partial charge is 0.495 e. The van der Waals surface area contributed by atoms with E-state index in [4.69, 9.17) is 10.5 Å². The van der Waals surface area contributed by atoms with Gasteiger partial charge in [-0.1, -0.05) is 6.07 Å². The van der Waals surface area contributed by atoms with E-state index in [2.05, 4.69) is 43.8 Å². The molecule has 2 fully saturated rings. The predicted octanol–water partition coefficient (Wildman–Crippen LogP) is 1.95. The highest BCUT2D eigenvalue weighted by atomic mass is 16.5. The zero-order chi connectivity index (χ0) is 19.5. The number of nitrogen functional groups attached to an aromatic ring is 1. The Balaban J connectivity index is 1.45. The third kappa shape index (κ3) is 4.05. The molecule has 4 rings (SSSR count). The average molecular weight is 383 g/mol. The number of nitrogens with two attached hydrogens (primary N) is 1. The van der Waals surface area contributed by atoms with Crippen molar-refractivity contribution in [1.29, 1.82) is 0 Å². The van der Waals surface area contributed by atoms with Crippen LogP contribution in [0.2, 0.25) is 0 Å². The molecular weight excluding hydrogens is 352 g/mol. The first-order valence-corrected chi connectivity index (χ1v) is 10.1. The Morgan fingerprint density at radius 1 is 1.04 bits per heavy atom. The number of methoxy groups -OCH3 is 1. The highest BCUT2D eigenvalue weighted by Gasteiger charge is 2.27. The summed E-state index contributed by atoms with van der Waals surface area (Å²) in [7, 11) is 3.94. The molecule has 1 aromatic carbocycles. The molecule has 0 bridgehead atoms. The molecule has 0 unspecified atom stereocenters. The molecule has 0 saturated carbocycles. The summed E-state index contributed by atoms with van der Waals surface area (Å²) in [6, 6.07) is 8.85. The van der Waals surface area contributed by atoms with Crippen molar-refractivity contribution in [1.82, 2.24) is 19.8 Å². The number of anilines is 2. The van der Waals surface area contributed by atoms with Gasteiger partial charge in [0, 0.05) is 57.1 Å². The first kappa shape index (κ1) is 19.0. The number of aromatic nitrogens is 2. The lowest BCUT2D eigenvalue weighted by molar-refractivity contribution is 0.0981. The number of likely N-dealkylation sites (N-methyl/N-ethyl adjacent to an activating group) is 1. The molecule has 0 amide bonds. The van der Waals surface area contributed by atoms with E-state index in [0.29, 0.717) is 6.04 Å². The van der Waals surface area contributed by atoms with Crippen LogP contribution in [0, 0.1) is 0 Å². The quantitative estimate of drug-likeness (QED) is 0.867. The van der Waals surface area contributed by atoms with Crippen LogP contribution in [0.1, 0.15) is 12.8 Å². The minimum Gasteiger partial charge on any atom is -0.495 e. The van der Waals surface area contributed by atoms with E-state index < -0.39 is 0 Å². The zero-order valence-electron chi connectivity index (χ0n) is 16.8. The summed E-state index contributed by atoms with van der Waals surface area (Å²) >= 11 is 0. The van der Waals surface area contributed by atoms with Crippen molar-refractivity contribution in [3.8, 4) is 17.0 Å². The van der Waals surface area contributed by atoms with E-state index in [9.17, 15) is 0 Å². The van der Waals surface area contributed by atoms with Crippen LogP contribution < -0.4 is 15.4 Å². The summed E-state index contributed by atoms with van der Waals surface area (Å²) in [5.74, 6) is 1.17. The minimum atomic E-state index is 0.284. The lowest BCUT2D eigenvalue weighted by Crippen LogP contribution is -2.52. The molecule has 1 aromatic heterocycles. The molecule has 2 N–H and O–H groups in total. The number of piperazine rings is 1. The van der Waals surface area contributed by atoms with Crippen LogP contribution in [-0.4, -0.2) is 79.2 Å². The SMILES string of the molecule is COc1cc(-c2ccnc(N)n2)ccc1N1CCC(N2CCN(C)CC2)CC1. The van der Waals surface area contributed by atoms with E-state index in [1.54, 1.807) is 13.3 Å². The normalized spacial score (nSPS) is 19.7. The van der Waals surface area contributed by atoms with Crippen LogP contribution in [0.3, 0.4) is 0 Å². The molecule has 150 valence electrons. The fourth-order valence-electron chi connectivity index (χ4n) is 4.29. The Bertz CT molecular complexity index is 797. The highest BCUT2D eigenvalue weighted by molar-refractivity contribution is 5.70. The maximum Gasteiger partial charge on any atom is 0.220 e. The average Bonchev–Trinajstić information content (AvgIpc) is 2.74. The Kier molecular flexibility index (Phi) is 5.64. The van der Waals surface area contributed by atoms with Crippen molar-refractivity contribution in [2.75, 3.05) is 64.1 Å². The van der Waals surface area contributed by atoms with Crippen LogP contribution in [0.15, 0.2) is 30.5 Å². The maximum absolute atomic E-state index is 5.73. The fraction of sp³-hybridized carbons (Fsp3) is 0.524. The molecule has 7 nitrogen and oxygen atoms in total. The lowest BCUT2D eigenvalue weighted by Gasteiger charge is -2.42. The number of ether oxygens (including phenoxy) is 1. The summed E-state index contributed by atoms with van der Waals surface area (Å²) in [6.45, 7) is 6.88. The summed E-state index contributed by atoms with van der Waals surface area (Å²) in [4.78, 5) is 15.8.